The van der Waals surface area contributed by atoms with E-state index in [2.05, 4.69) is 11.0 Å². The van der Waals surface area contributed by atoms with Gasteiger partial charge in [0.15, 0.2) is 0 Å². The zero-order valence-corrected chi connectivity index (χ0v) is 12.9. The Kier molecular flexibility index (Phi) is 5.04. The molecule has 112 valence electrons. The Hall–Kier alpha value is -1.08. The zero-order valence-electron chi connectivity index (χ0n) is 12.9. The Morgan fingerprint density at radius 2 is 1.65 bits per heavy atom. The molecular weight excluding hydrogens is 250 g/mol. The summed E-state index contributed by atoms with van der Waals surface area (Å²) in [6.45, 7) is 7.63. The lowest BCUT2D eigenvalue weighted by atomic mass is 9.82. The summed E-state index contributed by atoms with van der Waals surface area (Å²) in [5, 5.41) is 9.16. The number of carbonyl (C=O) groups is 1. The average Bonchev–Trinajstić information content (AvgIpc) is 2.75. The fraction of sp³-hybridized carbons (Fsp3) is 0.875. The largest absolute Gasteiger partial charge is 0.341 e. The lowest BCUT2D eigenvalue weighted by Crippen LogP contribution is -2.50. The highest BCUT2D eigenvalue weighted by atomic mass is 16.2. The van der Waals surface area contributed by atoms with Crippen molar-refractivity contribution in [2.45, 2.75) is 58.4 Å². The molecule has 1 amide bonds. The van der Waals surface area contributed by atoms with Crippen molar-refractivity contribution in [3.05, 3.63) is 0 Å². The smallest absolute Gasteiger partial charge is 0.239 e. The van der Waals surface area contributed by atoms with Crippen molar-refractivity contribution < 1.29 is 4.79 Å². The van der Waals surface area contributed by atoms with Crippen LogP contribution < -0.4 is 0 Å². The minimum Gasteiger partial charge on any atom is -0.341 e. The van der Waals surface area contributed by atoms with Crippen LogP contribution in [0.4, 0.5) is 0 Å². The van der Waals surface area contributed by atoms with Crippen LogP contribution in [-0.4, -0.2) is 47.9 Å². The number of rotatable bonds is 2. The molecule has 0 spiro atoms. The lowest BCUT2D eigenvalue weighted by molar-refractivity contribution is -0.138. The van der Waals surface area contributed by atoms with Crippen molar-refractivity contribution in [3.8, 4) is 6.07 Å². The molecule has 4 nitrogen and oxygen atoms in total. The fourth-order valence-corrected chi connectivity index (χ4v) is 3.24. The van der Waals surface area contributed by atoms with Gasteiger partial charge in [-0.1, -0.05) is 12.8 Å². The van der Waals surface area contributed by atoms with E-state index >= 15 is 0 Å². The second-order valence-electron chi connectivity index (χ2n) is 6.62. The van der Waals surface area contributed by atoms with Crippen LogP contribution in [0.2, 0.25) is 0 Å². The van der Waals surface area contributed by atoms with Gasteiger partial charge in [0.05, 0.1) is 17.5 Å². The molecule has 20 heavy (non-hydrogen) atoms. The van der Waals surface area contributed by atoms with Crippen LogP contribution in [-0.2, 0) is 4.79 Å². The topological polar surface area (TPSA) is 47.3 Å². The maximum Gasteiger partial charge on any atom is 0.239 e. The van der Waals surface area contributed by atoms with Crippen LogP contribution in [0.25, 0.3) is 0 Å². The Morgan fingerprint density at radius 3 is 2.15 bits per heavy atom. The molecule has 0 bridgehead atoms. The monoisotopic (exact) mass is 277 g/mol. The van der Waals surface area contributed by atoms with Gasteiger partial charge in [-0.3, -0.25) is 9.69 Å². The first-order valence-corrected chi connectivity index (χ1v) is 8.00. The molecule has 2 aliphatic rings. The van der Waals surface area contributed by atoms with E-state index in [0.29, 0.717) is 0 Å². The van der Waals surface area contributed by atoms with Crippen molar-refractivity contribution >= 4 is 5.91 Å². The van der Waals surface area contributed by atoms with E-state index in [4.69, 9.17) is 5.26 Å². The van der Waals surface area contributed by atoms with Gasteiger partial charge < -0.3 is 4.90 Å². The number of nitrogens with zero attached hydrogens (tertiary/aromatic N) is 3. The second-order valence-corrected chi connectivity index (χ2v) is 6.62. The Labute approximate surface area is 122 Å². The molecule has 2 heterocycles. The summed E-state index contributed by atoms with van der Waals surface area (Å²) in [7, 11) is 0. The maximum atomic E-state index is 12.6. The third kappa shape index (κ3) is 3.52. The van der Waals surface area contributed by atoms with Crippen LogP contribution in [0.3, 0.4) is 0 Å². The van der Waals surface area contributed by atoms with Gasteiger partial charge >= 0.3 is 0 Å². The Balaban J connectivity index is 1.89. The van der Waals surface area contributed by atoms with E-state index < -0.39 is 0 Å². The molecule has 0 aromatic heterocycles. The summed E-state index contributed by atoms with van der Waals surface area (Å²) in [6.07, 6.45) is 6.63. The predicted molar refractivity (Wildman–Crippen MR) is 79.0 cm³/mol. The summed E-state index contributed by atoms with van der Waals surface area (Å²) >= 11 is 0. The summed E-state index contributed by atoms with van der Waals surface area (Å²) in [6, 6.07) is 2.39. The first-order chi connectivity index (χ1) is 9.56. The lowest BCUT2D eigenvalue weighted by Gasteiger charge is -2.38. The van der Waals surface area contributed by atoms with Gasteiger partial charge in [0.25, 0.3) is 0 Å². The third-order valence-electron chi connectivity index (χ3n) is 4.99. The molecule has 2 aliphatic heterocycles. The van der Waals surface area contributed by atoms with E-state index in [1.165, 1.54) is 25.7 Å². The molecule has 4 heteroatoms. The summed E-state index contributed by atoms with van der Waals surface area (Å²) in [5.74, 6) is 0.256. The van der Waals surface area contributed by atoms with Crippen molar-refractivity contribution in [2.75, 3.05) is 26.2 Å². The highest BCUT2D eigenvalue weighted by Crippen LogP contribution is 2.30. The zero-order chi connectivity index (χ0) is 14.6. The van der Waals surface area contributed by atoms with Crippen molar-refractivity contribution in [1.82, 2.24) is 9.80 Å². The molecule has 0 radical (unpaired) electrons. The summed E-state index contributed by atoms with van der Waals surface area (Å²) in [5.41, 5.74) is -0.234. The predicted octanol–water partition coefficient (Wildman–Crippen LogP) is 2.40. The van der Waals surface area contributed by atoms with Crippen LogP contribution in [0.15, 0.2) is 0 Å². The summed E-state index contributed by atoms with van der Waals surface area (Å²) < 4.78 is 0. The molecule has 2 saturated heterocycles. The minimum absolute atomic E-state index is 0.000424. The number of carbonyl (C=O) groups excluding carboxylic acids is 1. The Morgan fingerprint density at radius 1 is 1.10 bits per heavy atom. The summed E-state index contributed by atoms with van der Waals surface area (Å²) in [4.78, 5) is 16.9. The van der Waals surface area contributed by atoms with Gasteiger partial charge in [0.2, 0.25) is 5.91 Å². The molecule has 2 rings (SSSR count). The second kappa shape index (κ2) is 6.58. The maximum absolute atomic E-state index is 12.6. The number of likely N-dealkylation sites (tertiary alicyclic amines) is 2. The molecule has 0 N–H and O–H groups in total. The number of nitriles is 1. The normalized spacial score (nSPS) is 25.6. The average molecular weight is 277 g/mol. The van der Waals surface area contributed by atoms with Crippen LogP contribution in [0.1, 0.15) is 52.4 Å². The van der Waals surface area contributed by atoms with Crippen molar-refractivity contribution in [2.24, 2.45) is 5.41 Å². The van der Waals surface area contributed by atoms with E-state index in [-0.39, 0.29) is 17.4 Å². The number of amides is 1. The van der Waals surface area contributed by atoms with Gasteiger partial charge in [-0.05, 0) is 52.6 Å². The van der Waals surface area contributed by atoms with Crippen molar-refractivity contribution in [1.29, 1.82) is 5.26 Å². The van der Waals surface area contributed by atoms with Gasteiger partial charge in [-0.15, -0.1) is 0 Å². The van der Waals surface area contributed by atoms with Gasteiger partial charge in [0, 0.05) is 13.1 Å². The van der Waals surface area contributed by atoms with Crippen LogP contribution in [0.5, 0.6) is 0 Å². The van der Waals surface area contributed by atoms with E-state index in [1.807, 2.05) is 18.7 Å². The third-order valence-corrected chi connectivity index (χ3v) is 4.99. The van der Waals surface area contributed by atoms with Crippen LogP contribution in [0, 0.1) is 16.7 Å². The molecule has 1 atom stereocenters. The van der Waals surface area contributed by atoms with E-state index in [1.54, 1.807) is 0 Å². The molecule has 0 aliphatic carbocycles. The van der Waals surface area contributed by atoms with Gasteiger partial charge in [-0.2, -0.15) is 5.26 Å². The molecule has 0 aromatic rings. The molecule has 0 saturated carbocycles. The fourth-order valence-electron chi connectivity index (χ4n) is 3.24. The Bertz CT molecular complexity index is 372. The number of hydrogen-bond acceptors (Lipinski definition) is 3. The standard InChI is InChI=1S/C16H27N3O/c1-14(18-9-5-3-4-6-10-18)15(20)19-11-7-16(2,13-17)8-12-19/h14H,3-12H2,1-2H3/t14-/m1/s1. The molecule has 0 aromatic carbocycles. The number of hydrogen-bond donors (Lipinski definition) is 0. The van der Waals surface area contributed by atoms with Crippen LogP contribution >= 0.6 is 0 Å². The number of piperidine rings is 1. The van der Waals surface area contributed by atoms with E-state index in [9.17, 15) is 4.79 Å². The highest BCUT2D eigenvalue weighted by Gasteiger charge is 2.34. The quantitative estimate of drug-likeness (QED) is 0.778. The van der Waals surface area contributed by atoms with Gasteiger partial charge in [0.1, 0.15) is 0 Å². The minimum atomic E-state index is -0.234. The van der Waals surface area contributed by atoms with E-state index in [0.717, 1.165) is 39.0 Å². The SMILES string of the molecule is C[C@H](C(=O)N1CCC(C)(C#N)CC1)N1CCCCCC1. The highest BCUT2D eigenvalue weighted by molar-refractivity contribution is 5.81. The first-order valence-electron chi connectivity index (χ1n) is 8.00. The molecule has 0 unspecified atom stereocenters. The molecular formula is C16H27N3O. The van der Waals surface area contributed by atoms with Gasteiger partial charge in [-0.25, -0.2) is 0 Å². The molecule has 2 fully saturated rings. The van der Waals surface area contributed by atoms with Crippen molar-refractivity contribution in [3.63, 3.8) is 0 Å². The first kappa shape index (κ1) is 15.3.